The molecule has 0 amide bonds. The molecular weight excluding hydrogens is 194 g/mol. The van der Waals surface area contributed by atoms with Gasteiger partial charge in [0.25, 0.3) is 0 Å². The predicted molar refractivity (Wildman–Crippen MR) is 61.0 cm³/mol. The molecule has 0 spiro atoms. The van der Waals surface area contributed by atoms with Gasteiger partial charge in [-0.2, -0.15) is 0 Å². The minimum atomic E-state index is 0.225. The topological polar surface area (TPSA) is 90.9 Å². The highest BCUT2D eigenvalue weighted by Crippen LogP contribution is 2.03. The quantitative estimate of drug-likeness (QED) is 0.208. The number of amidine groups is 1. The lowest BCUT2D eigenvalue weighted by Crippen LogP contribution is -2.39. The van der Waals surface area contributed by atoms with Crippen molar-refractivity contribution in [2.75, 3.05) is 6.61 Å². The Kier molecular flexibility index (Phi) is 8.04. The summed E-state index contributed by atoms with van der Waals surface area (Å²) in [5, 5.41) is 23.5. The zero-order valence-corrected chi connectivity index (χ0v) is 9.61. The van der Waals surface area contributed by atoms with Crippen molar-refractivity contribution < 1.29 is 10.3 Å². The first kappa shape index (κ1) is 14.2. The van der Waals surface area contributed by atoms with Crippen molar-refractivity contribution in [3.05, 3.63) is 0 Å². The first-order chi connectivity index (χ1) is 7.13. The number of nitrogens with one attached hydrogen (secondary N) is 1. The number of rotatable bonds is 8. The van der Waals surface area contributed by atoms with Crippen LogP contribution in [-0.4, -0.2) is 34.8 Å². The molecule has 90 valence electrons. The maximum Gasteiger partial charge on any atom is 0.140 e. The molecule has 5 heteroatoms. The Hall–Kier alpha value is -0.810. The van der Waals surface area contributed by atoms with Crippen LogP contribution < -0.4 is 11.1 Å². The second-order valence-corrected chi connectivity index (χ2v) is 3.83. The molecule has 2 atom stereocenters. The van der Waals surface area contributed by atoms with Crippen molar-refractivity contribution >= 4 is 5.84 Å². The predicted octanol–water partition coefficient (Wildman–Crippen LogP) is 0.652. The van der Waals surface area contributed by atoms with Crippen LogP contribution in [0.25, 0.3) is 0 Å². The van der Waals surface area contributed by atoms with Crippen LogP contribution in [0.2, 0.25) is 0 Å². The van der Waals surface area contributed by atoms with Gasteiger partial charge in [0.1, 0.15) is 5.84 Å². The van der Waals surface area contributed by atoms with E-state index in [1.54, 1.807) is 0 Å². The average molecular weight is 217 g/mol. The van der Waals surface area contributed by atoms with Crippen LogP contribution in [0, 0.1) is 0 Å². The van der Waals surface area contributed by atoms with Gasteiger partial charge in [0.05, 0.1) is 0 Å². The maximum atomic E-state index is 8.69. The smallest absolute Gasteiger partial charge is 0.140 e. The number of oxime groups is 1. The Morgan fingerprint density at radius 1 is 1.53 bits per heavy atom. The summed E-state index contributed by atoms with van der Waals surface area (Å²) in [5.41, 5.74) is 5.45. The van der Waals surface area contributed by atoms with E-state index in [2.05, 4.69) is 24.3 Å². The summed E-state index contributed by atoms with van der Waals surface area (Å²) in [6.07, 6.45) is 3.22. The number of nitrogens with zero attached hydrogens (tertiary/aromatic N) is 1. The Labute approximate surface area is 91.4 Å². The standard InChI is InChI=1S/C10H23N3O2/c1-3-9(7-10(11)13-15)12-8(2)5-4-6-14/h8-9,12,14-15H,3-7H2,1-2H3,(H2,11,13). The highest BCUT2D eigenvalue weighted by molar-refractivity contribution is 5.80. The molecule has 0 aromatic heterocycles. The van der Waals surface area contributed by atoms with Crippen molar-refractivity contribution in [3.8, 4) is 0 Å². The van der Waals surface area contributed by atoms with E-state index in [4.69, 9.17) is 16.0 Å². The van der Waals surface area contributed by atoms with Gasteiger partial charge in [-0.25, -0.2) is 0 Å². The number of hydrogen-bond acceptors (Lipinski definition) is 4. The lowest BCUT2D eigenvalue weighted by molar-refractivity contribution is 0.273. The van der Waals surface area contributed by atoms with Crippen LogP contribution in [-0.2, 0) is 0 Å². The molecule has 5 nitrogen and oxygen atoms in total. The summed E-state index contributed by atoms with van der Waals surface area (Å²) >= 11 is 0. The Morgan fingerprint density at radius 2 is 2.20 bits per heavy atom. The van der Waals surface area contributed by atoms with Gasteiger partial charge in [0, 0.05) is 25.1 Å². The Bertz CT molecular complexity index is 186. The third-order valence-electron chi connectivity index (χ3n) is 2.39. The van der Waals surface area contributed by atoms with Crippen LogP contribution in [0.4, 0.5) is 0 Å². The van der Waals surface area contributed by atoms with E-state index >= 15 is 0 Å². The van der Waals surface area contributed by atoms with E-state index in [0.29, 0.717) is 12.5 Å². The zero-order valence-electron chi connectivity index (χ0n) is 9.61. The van der Waals surface area contributed by atoms with Gasteiger partial charge in [0.2, 0.25) is 0 Å². The van der Waals surface area contributed by atoms with Crippen LogP contribution in [0.15, 0.2) is 5.16 Å². The highest BCUT2D eigenvalue weighted by Gasteiger charge is 2.11. The van der Waals surface area contributed by atoms with Crippen LogP contribution in [0.5, 0.6) is 0 Å². The molecule has 0 radical (unpaired) electrons. The molecule has 0 aliphatic rings. The number of nitrogens with two attached hydrogens (primary N) is 1. The fourth-order valence-electron chi connectivity index (χ4n) is 1.50. The first-order valence-corrected chi connectivity index (χ1v) is 5.47. The van der Waals surface area contributed by atoms with E-state index in [0.717, 1.165) is 19.3 Å². The minimum Gasteiger partial charge on any atom is -0.409 e. The van der Waals surface area contributed by atoms with E-state index in [1.807, 2.05) is 0 Å². The third-order valence-corrected chi connectivity index (χ3v) is 2.39. The molecule has 0 aromatic rings. The van der Waals surface area contributed by atoms with Crippen molar-refractivity contribution in [2.45, 2.75) is 51.6 Å². The monoisotopic (exact) mass is 217 g/mol. The Morgan fingerprint density at radius 3 is 2.67 bits per heavy atom. The summed E-state index contributed by atoms with van der Waals surface area (Å²) in [6, 6.07) is 0.572. The van der Waals surface area contributed by atoms with E-state index < -0.39 is 0 Å². The molecule has 0 saturated carbocycles. The number of aliphatic hydroxyl groups is 1. The second kappa shape index (κ2) is 8.49. The molecule has 5 N–H and O–H groups in total. The van der Waals surface area contributed by atoms with E-state index in [-0.39, 0.29) is 18.5 Å². The number of hydrogen-bond donors (Lipinski definition) is 4. The van der Waals surface area contributed by atoms with Crippen molar-refractivity contribution in [2.24, 2.45) is 10.9 Å². The number of aliphatic hydroxyl groups excluding tert-OH is 1. The lowest BCUT2D eigenvalue weighted by Gasteiger charge is -2.21. The van der Waals surface area contributed by atoms with Gasteiger partial charge in [-0.1, -0.05) is 12.1 Å². The summed E-state index contributed by atoms with van der Waals surface area (Å²) in [4.78, 5) is 0. The van der Waals surface area contributed by atoms with Gasteiger partial charge >= 0.3 is 0 Å². The van der Waals surface area contributed by atoms with Gasteiger partial charge in [0.15, 0.2) is 0 Å². The van der Waals surface area contributed by atoms with Crippen molar-refractivity contribution in [3.63, 3.8) is 0 Å². The maximum absolute atomic E-state index is 8.69. The molecule has 2 unspecified atom stereocenters. The second-order valence-electron chi connectivity index (χ2n) is 3.83. The fraction of sp³-hybridized carbons (Fsp3) is 0.900. The molecule has 0 aliphatic heterocycles. The normalized spacial score (nSPS) is 16.3. The fourth-order valence-corrected chi connectivity index (χ4v) is 1.50. The summed E-state index contributed by atoms with van der Waals surface area (Å²) < 4.78 is 0. The molecule has 0 fully saturated rings. The average Bonchev–Trinajstić information content (AvgIpc) is 2.25. The highest BCUT2D eigenvalue weighted by atomic mass is 16.4. The minimum absolute atomic E-state index is 0.225. The van der Waals surface area contributed by atoms with Crippen LogP contribution in [0.3, 0.4) is 0 Å². The molecule has 0 aromatic carbocycles. The summed E-state index contributed by atoms with van der Waals surface area (Å²) in [7, 11) is 0. The molecule has 15 heavy (non-hydrogen) atoms. The zero-order chi connectivity index (χ0) is 11.7. The van der Waals surface area contributed by atoms with Crippen LogP contribution >= 0.6 is 0 Å². The first-order valence-electron chi connectivity index (χ1n) is 5.47. The molecule has 0 saturated heterocycles. The molecule has 0 bridgehead atoms. The van der Waals surface area contributed by atoms with E-state index in [1.165, 1.54) is 0 Å². The molecule has 0 rings (SSSR count). The van der Waals surface area contributed by atoms with E-state index in [9.17, 15) is 0 Å². The van der Waals surface area contributed by atoms with Gasteiger partial charge in [-0.05, 0) is 26.2 Å². The van der Waals surface area contributed by atoms with Gasteiger partial charge in [-0.3, -0.25) is 0 Å². The summed E-state index contributed by atoms with van der Waals surface area (Å²) in [6.45, 7) is 4.36. The van der Waals surface area contributed by atoms with Gasteiger partial charge in [-0.15, -0.1) is 0 Å². The third kappa shape index (κ3) is 7.16. The molecular formula is C10H23N3O2. The largest absolute Gasteiger partial charge is 0.409 e. The SMILES string of the molecule is CCC(CC(N)=NO)NC(C)CCCO. The Balaban J connectivity index is 3.87. The van der Waals surface area contributed by atoms with Crippen molar-refractivity contribution in [1.29, 1.82) is 0 Å². The lowest BCUT2D eigenvalue weighted by atomic mass is 10.1. The summed E-state index contributed by atoms with van der Waals surface area (Å²) in [5.74, 6) is 0.253. The van der Waals surface area contributed by atoms with Gasteiger partial charge < -0.3 is 21.4 Å². The van der Waals surface area contributed by atoms with Crippen LogP contribution in [0.1, 0.15) is 39.5 Å². The molecule has 0 aliphatic carbocycles. The van der Waals surface area contributed by atoms with Crippen molar-refractivity contribution in [1.82, 2.24) is 5.32 Å². The molecule has 0 heterocycles.